The Kier molecular flexibility index (Phi) is 3.58. The number of hydrogen-bond acceptors (Lipinski definition) is 3. The monoisotopic (exact) mass is 276 g/mol. The van der Waals surface area contributed by atoms with Gasteiger partial charge in [-0.1, -0.05) is 11.6 Å². The molecule has 1 aliphatic carbocycles. The van der Waals surface area contributed by atoms with Gasteiger partial charge in [0.05, 0.1) is 11.6 Å². The van der Waals surface area contributed by atoms with Crippen LogP contribution in [-0.4, -0.2) is 22.2 Å². The molecule has 1 saturated carbocycles. The molecule has 0 aliphatic heterocycles. The highest BCUT2D eigenvalue weighted by Crippen LogP contribution is 2.28. The van der Waals surface area contributed by atoms with Crippen LogP contribution < -0.4 is 5.32 Å². The van der Waals surface area contributed by atoms with Gasteiger partial charge in [0.1, 0.15) is 0 Å². The van der Waals surface area contributed by atoms with Crippen molar-refractivity contribution in [1.29, 1.82) is 0 Å². The van der Waals surface area contributed by atoms with Crippen LogP contribution in [0.3, 0.4) is 0 Å². The second kappa shape index (κ2) is 5.35. The third kappa shape index (κ3) is 2.82. The van der Waals surface area contributed by atoms with Crippen molar-refractivity contribution in [3.05, 3.63) is 35.5 Å². The summed E-state index contributed by atoms with van der Waals surface area (Å²) in [5.41, 5.74) is 2.03. The maximum atomic E-state index is 9.55. The average molecular weight is 277 g/mol. The van der Waals surface area contributed by atoms with Crippen LogP contribution in [0.2, 0.25) is 5.02 Å². The zero-order chi connectivity index (χ0) is 13.2. The molecule has 0 unspecified atom stereocenters. The molecule has 0 saturated heterocycles. The van der Waals surface area contributed by atoms with E-state index in [1.54, 1.807) is 0 Å². The molecule has 4 heteroatoms. The maximum absolute atomic E-state index is 9.55. The van der Waals surface area contributed by atoms with Gasteiger partial charge in [-0.2, -0.15) is 0 Å². The fourth-order valence-corrected chi connectivity index (χ4v) is 2.86. The van der Waals surface area contributed by atoms with Crippen molar-refractivity contribution in [2.75, 3.05) is 5.32 Å². The van der Waals surface area contributed by atoms with Gasteiger partial charge in [-0.15, -0.1) is 0 Å². The number of aliphatic hydroxyl groups excluding tert-OH is 1. The van der Waals surface area contributed by atoms with Crippen LogP contribution in [-0.2, 0) is 0 Å². The first kappa shape index (κ1) is 12.7. The van der Waals surface area contributed by atoms with Crippen molar-refractivity contribution in [3.63, 3.8) is 0 Å². The van der Waals surface area contributed by atoms with Gasteiger partial charge in [0.15, 0.2) is 0 Å². The van der Waals surface area contributed by atoms with E-state index >= 15 is 0 Å². The number of aromatic nitrogens is 1. The maximum Gasteiger partial charge on any atom is 0.0723 e. The Morgan fingerprint density at radius 3 is 2.74 bits per heavy atom. The Morgan fingerprint density at radius 2 is 1.95 bits per heavy atom. The minimum absolute atomic E-state index is 0.123. The Morgan fingerprint density at radius 1 is 1.16 bits per heavy atom. The minimum atomic E-state index is -0.123. The zero-order valence-corrected chi connectivity index (χ0v) is 11.4. The molecule has 100 valence electrons. The Bertz CT molecular complexity index is 579. The van der Waals surface area contributed by atoms with Crippen LogP contribution in [0, 0.1) is 0 Å². The predicted molar refractivity (Wildman–Crippen MR) is 78.6 cm³/mol. The first-order chi connectivity index (χ1) is 9.22. The third-order valence-electron chi connectivity index (χ3n) is 3.76. The molecule has 1 aromatic carbocycles. The first-order valence-corrected chi connectivity index (χ1v) is 7.09. The van der Waals surface area contributed by atoms with E-state index in [-0.39, 0.29) is 6.10 Å². The second-order valence-electron chi connectivity index (χ2n) is 5.17. The minimum Gasteiger partial charge on any atom is -0.393 e. The summed E-state index contributed by atoms with van der Waals surface area (Å²) < 4.78 is 0. The Labute approximate surface area is 117 Å². The molecular weight excluding hydrogens is 260 g/mol. The molecule has 3 rings (SSSR count). The van der Waals surface area contributed by atoms with E-state index < -0.39 is 0 Å². The van der Waals surface area contributed by atoms with Crippen LogP contribution in [0.5, 0.6) is 0 Å². The Balaban J connectivity index is 1.86. The van der Waals surface area contributed by atoms with Crippen molar-refractivity contribution in [2.45, 2.75) is 37.8 Å². The molecule has 19 heavy (non-hydrogen) atoms. The van der Waals surface area contributed by atoms with Gasteiger partial charge in [0, 0.05) is 28.3 Å². The summed E-state index contributed by atoms with van der Waals surface area (Å²) in [7, 11) is 0. The quantitative estimate of drug-likeness (QED) is 0.881. The van der Waals surface area contributed by atoms with Crippen molar-refractivity contribution < 1.29 is 5.11 Å². The lowest BCUT2D eigenvalue weighted by Gasteiger charge is -2.27. The fourth-order valence-electron chi connectivity index (χ4n) is 2.68. The fraction of sp³-hybridized carbons (Fsp3) is 0.400. The van der Waals surface area contributed by atoms with Crippen LogP contribution in [0.15, 0.2) is 30.5 Å². The smallest absolute Gasteiger partial charge is 0.0723 e. The number of aliphatic hydroxyl groups is 1. The lowest BCUT2D eigenvalue weighted by Crippen LogP contribution is -2.28. The van der Waals surface area contributed by atoms with Gasteiger partial charge in [0.25, 0.3) is 0 Å². The highest BCUT2D eigenvalue weighted by atomic mass is 35.5. The van der Waals surface area contributed by atoms with E-state index in [0.29, 0.717) is 6.04 Å². The highest BCUT2D eigenvalue weighted by Gasteiger charge is 2.19. The topological polar surface area (TPSA) is 45.1 Å². The molecule has 0 radical (unpaired) electrons. The van der Waals surface area contributed by atoms with E-state index in [1.807, 2.05) is 30.5 Å². The van der Waals surface area contributed by atoms with Crippen molar-refractivity contribution in [1.82, 2.24) is 4.98 Å². The lowest BCUT2D eigenvalue weighted by molar-refractivity contribution is 0.126. The number of halogens is 1. The molecule has 0 spiro atoms. The number of rotatable bonds is 2. The Hall–Kier alpha value is -1.32. The third-order valence-corrected chi connectivity index (χ3v) is 4.00. The normalized spacial score (nSPS) is 23.5. The van der Waals surface area contributed by atoms with Gasteiger partial charge < -0.3 is 10.4 Å². The number of fused-ring (bicyclic) bond motifs is 1. The first-order valence-electron chi connectivity index (χ1n) is 6.71. The van der Waals surface area contributed by atoms with Crippen molar-refractivity contribution >= 4 is 28.2 Å². The summed E-state index contributed by atoms with van der Waals surface area (Å²) in [6.07, 6.45) is 5.46. The van der Waals surface area contributed by atoms with E-state index in [9.17, 15) is 5.11 Å². The summed E-state index contributed by atoms with van der Waals surface area (Å²) in [6.45, 7) is 0. The van der Waals surface area contributed by atoms with Crippen LogP contribution in [0.25, 0.3) is 10.9 Å². The number of hydrogen-bond donors (Lipinski definition) is 2. The molecule has 2 aromatic rings. The van der Waals surface area contributed by atoms with E-state index in [1.165, 1.54) is 0 Å². The number of nitrogens with zero attached hydrogens (tertiary/aromatic N) is 1. The molecule has 0 atom stereocenters. The summed E-state index contributed by atoms with van der Waals surface area (Å²) in [4.78, 5) is 4.35. The predicted octanol–water partition coefficient (Wildman–Crippen LogP) is 3.60. The summed E-state index contributed by atoms with van der Waals surface area (Å²) >= 11 is 6.06. The molecular formula is C15H17ClN2O. The molecule has 0 bridgehead atoms. The largest absolute Gasteiger partial charge is 0.393 e. The van der Waals surface area contributed by atoms with Gasteiger partial charge in [-0.25, -0.2) is 0 Å². The molecule has 1 heterocycles. The van der Waals surface area contributed by atoms with Crippen LogP contribution in [0.1, 0.15) is 25.7 Å². The van der Waals surface area contributed by atoms with Gasteiger partial charge in [-0.05, 0) is 49.9 Å². The zero-order valence-electron chi connectivity index (χ0n) is 10.6. The molecule has 1 fully saturated rings. The average Bonchev–Trinajstić information content (AvgIpc) is 2.42. The SMILES string of the molecule is OC1CCC(Nc2ccnc3ccc(Cl)cc23)CC1. The number of benzene rings is 1. The molecule has 0 amide bonds. The standard InChI is InChI=1S/C15H17ClN2O/c16-10-1-6-14-13(9-10)15(7-8-17-14)18-11-2-4-12(19)5-3-11/h1,6-9,11-12,19H,2-5H2,(H,17,18). The van der Waals surface area contributed by atoms with Crippen LogP contribution in [0.4, 0.5) is 5.69 Å². The number of anilines is 1. The van der Waals surface area contributed by atoms with Crippen molar-refractivity contribution in [3.8, 4) is 0 Å². The molecule has 1 aliphatic rings. The summed E-state index contributed by atoms with van der Waals surface area (Å²) in [5, 5.41) is 14.9. The number of nitrogens with one attached hydrogen (secondary N) is 1. The van der Waals surface area contributed by atoms with Gasteiger partial charge in [0.2, 0.25) is 0 Å². The number of pyridine rings is 1. The van der Waals surface area contributed by atoms with Gasteiger partial charge >= 0.3 is 0 Å². The van der Waals surface area contributed by atoms with E-state index in [2.05, 4.69) is 10.3 Å². The summed E-state index contributed by atoms with van der Waals surface area (Å²) in [6, 6.07) is 8.16. The molecule has 1 aromatic heterocycles. The lowest BCUT2D eigenvalue weighted by atomic mass is 9.93. The highest BCUT2D eigenvalue weighted by molar-refractivity contribution is 6.31. The van der Waals surface area contributed by atoms with E-state index in [4.69, 9.17) is 11.6 Å². The molecule has 2 N–H and O–H groups in total. The van der Waals surface area contributed by atoms with Crippen LogP contribution >= 0.6 is 11.6 Å². The van der Waals surface area contributed by atoms with E-state index in [0.717, 1.165) is 47.3 Å². The summed E-state index contributed by atoms with van der Waals surface area (Å²) in [5.74, 6) is 0. The van der Waals surface area contributed by atoms with Crippen molar-refractivity contribution in [2.24, 2.45) is 0 Å². The van der Waals surface area contributed by atoms with Gasteiger partial charge in [-0.3, -0.25) is 4.98 Å². The second-order valence-corrected chi connectivity index (χ2v) is 5.61. The molecule has 3 nitrogen and oxygen atoms in total.